The lowest BCUT2D eigenvalue weighted by atomic mass is 10.0. The van der Waals surface area contributed by atoms with Gasteiger partial charge < -0.3 is 10.6 Å². The quantitative estimate of drug-likeness (QED) is 0.817. The lowest BCUT2D eigenvalue weighted by Crippen LogP contribution is -2.22. The predicted molar refractivity (Wildman–Crippen MR) is 93.6 cm³/mol. The van der Waals surface area contributed by atoms with E-state index in [2.05, 4.69) is 24.5 Å². The molecular formula is C19H22N2O2. The minimum absolute atomic E-state index is 0.208. The standard InChI is InChI=1S/C19H22N2O2/c1-13(2)16-6-4-5-7-17(16)21-19(23)12-18(22)20-15-10-8-14(3)9-11-15/h4-11,13H,12H2,1-3H3,(H,20,22)(H,21,23). The van der Waals surface area contributed by atoms with Gasteiger partial charge in [-0.1, -0.05) is 49.7 Å². The van der Waals surface area contributed by atoms with Gasteiger partial charge in [-0.3, -0.25) is 9.59 Å². The minimum atomic E-state index is -0.326. The topological polar surface area (TPSA) is 58.2 Å². The van der Waals surface area contributed by atoms with Crippen molar-refractivity contribution in [2.75, 3.05) is 10.6 Å². The van der Waals surface area contributed by atoms with Gasteiger partial charge in [-0.2, -0.15) is 0 Å². The van der Waals surface area contributed by atoms with Gasteiger partial charge in [0.2, 0.25) is 11.8 Å². The summed E-state index contributed by atoms with van der Waals surface area (Å²) in [7, 11) is 0. The summed E-state index contributed by atoms with van der Waals surface area (Å²) in [6, 6.07) is 15.1. The third-order valence-electron chi connectivity index (χ3n) is 3.51. The molecule has 2 aromatic rings. The van der Waals surface area contributed by atoms with Crippen LogP contribution in [0.25, 0.3) is 0 Å². The second-order valence-electron chi connectivity index (χ2n) is 5.88. The average molecular weight is 310 g/mol. The van der Waals surface area contributed by atoms with Crippen LogP contribution in [0.3, 0.4) is 0 Å². The zero-order chi connectivity index (χ0) is 16.8. The van der Waals surface area contributed by atoms with Crippen molar-refractivity contribution in [2.24, 2.45) is 0 Å². The molecule has 0 saturated carbocycles. The second kappa shape index (κ2) is 7.58. The molecule has 0 heterocycles. The number of hydrogen-bond acceptors (Lipinski definition) is 2. The molecular weight excluding hydrogens is 288 g/mol. The molecule has 0 atom stereocenters. The first kappa shape index (κ1) is 16.7. The zero-order valence-corrected chi connectivity index (χ0v) is 13.7. The van der Waals surface area contributed by atoms with E-state index in [1.54, 1.807) is 0 Å². The summed E-state index contributed by atoms with van der Waals surface area (Å²) < 4.78 is 0. The molecule has 0 aromatic heterocycles. The molecule has 0 aliphatic carbocycles. The van der Waals surface area contributed by atoms with Crippen LogP contribution in [0.4, 0.5) is 11.4 Å². The van der Waals surface area contributed by atoms with Crippen LogP contribution in [-0.2, 0) is 9.59 Å². The molecule has 2 N–H and O–H groups in total. The molecule has 0 bridgehead atoms. The maximum absolute atomic E-state index is 12.1. The number of aryl methyl sites for hydroxylation is 1. The fraction of sp³-hybridized carbons (Fsp3) is 0.263. The highest BCUT2D eigenvalue weighted by atomic mass is 16.2. The molecule has 0 fully saturated rings. The van der Waals surface area contributed by atoms with E-state index in [-0.39, 0.29) is 18.2 Å². The van der Waals surface area contributed by atoms with Gasteiger partial charge in [-0.25, -0.2) is 0 Å². The monoisotopic (exact) mass is 310 g/mol. The van der Waals surface area contributed by atoms with Crippen molar-refractivity contribution in [1.29, 1.82) is 0 Å². The van der Waals surface area contributed by atoms with Crippen molar-refractivity contribution in [3.8, 4) is 0 Å². The molecule has 0 aliphatic rings. The molecule has 4 heteroatoms. The van der Waals surface area contributed by atoms with Gasteiger partial charge in [0, 0.05) is 11.4 Å². The summed E-state index contributed by atoms with van der Waals surface area (Å²) in [6.45, 7) is 6.11. The fourth-order valence-electron chi connectivity index (χ4n) is 2.30. The molecule has 0 spiro atoms. The van der Waals surface area contributed by atoms with Crippen LogP contribution < -0.4 is 10.6 Å². The Morgan fingerprint density at radius 2 is 1.52 bits per heavy atom. The van der Waals surface area contributed by atoms with Crippen LogP contribution in [0.5, 0.6) is 0 Å². The third kappa shape index (κ3) is 4.95. The summed E-state index contributed by atoms with van der Waals surface area (Å²) in [5.74, 6) is -0.344. The largest absolute Gasteiger partial charge is 0.326 e. The van der Waals surface area contributed by atoms with Gasteiger partial charge in [-0.05, 0) is 36.6 Å². The van der Waals surface area contributed by atoms with E-state index in [0.29, 0.717) is 11.6 Å². The number of carbonyl (C=O) groups excluding carboxylic acids is 2. The van der Waals surface area contributed by atoms with Gasteiger partial charge in [0.05, 0.1) is 0 Å². The van der Waals surface area contributed by atoms with Crippen LogP contribution in [0, 0.1) is 6.92 Å². The molecule has 4 nitrogen and oxygen atoms in total. The fourth-order valence-corrected chi connectivity index (χ4v) is 2.30. The summed E-state index contributed by atoms with van der Waals surface area (Å²) in [6.07, 6.45) is -0.208. The Balaban J connectivity index is 1.94. The summed E-state index contributed by atoms with van der Waals surface area (Å²) in [5.41, 5.74) is 3.62. The zero-order valence-electron chi connectivity index (χ0n) is 13.7. The lowest BCUT2D eigenvalue weighted by molar-refractivity contribution is -0.123. The van der Waals surface area contributed by atoms with E-state index >= 15 is 0 Å². The van der Waals surface area contributed by atoms with Gasteiger partial charge in [-0.15, -0.1) is 0 Å². The smallest absolute Gasteiger partial charge is 0.233 e. The molecule has 23 heavy (non-hydrogen) atoms. The molecule has 120 valence electrons. The van der Waals surface area contributed by atoms with E-state index in [9.17, 15) is 9.59 Å². The summed E-state index contributed by atoms with van der Waals surface area (Å²) in [4.78, 5) is 24.0. The van der Waals surface area contributed by atoms with E-state index in [1.807, 2.05) is 55.5 Å². The maximum Gasteiger partial charge on any atom is 0.233 e. The number of carbonyl (C=O) groups is 2. The van der Waals surface area contributed by atoms with Gasteiger partial charge in [0.15, 0.2) is 0 Å². The van der Waals surface area contributed by atoms with Crippen molar-refractivity contribution in [3.63, 3.8) is 0 Å². The number of nitrogens with one attached hydrogen (secondary N) is 2. The lowest BCUT2D eigenvalue weighted by Gasteiger charge is -2.13. The Morgan fingerprint density at radius 1 is 0.913 bits per heavy atom. The Bertz CT molecular complexity index is 691. The number of amides is 2. The van der Waals surface area contributed by atoms with Gasteiger partial charge >= 0.3 is 0 Å². The number of hydrogen-bond donors (Lipinski definition) is 2. The number of anilines is 2. The van der Waals surface area contributed by atoms with Crippen LogP contribution in [0.2, 0.25) is 0 Å². The van der Waals surface area contributed by atoms with Crippen molar-refractivity contribution < 1.29 is 9.59 Å². The summed E-state index contributed by atoms with van der Waals surface area (Å²) in [5, 5.41) is 5.54. The Kier molecular flexibility index (Phi) is 5.52. The minimum Gasteiger partial charge on any atom is -0.326 e. The van der Waals surface area contributed by atoms with Crippen LogP contribution >= 0.6 is 0 Å². The van der Waals surface area contributed by atoms with Gasteiger partial charge in [0.1, 0.15) is 6.42 Å². The first-order chi connectivity index (χ1) is 11.0. The first-order valence-electron chi connectivity index (χ1n) is 7.71. The van der Waals surface area contributed by atoms with Crippen molar-refractivity contribution in [3.05, 3.63) is 59.7 Å². The van der Waals surface area contributed by atoms with Crippen molar-refractivity contribution in [1.82, 2.24) is 0 Å². The van der Waals surface area contributed by atoms with Crippen LogP contribution in [0.1, 0.15) is 37.3 Å². The van der Waals surface area contributed by atoms with Gasteiger partial charge in [0.25, 0.3) is 0 Å². The third-order valence-corrected chi connectivity index (χ3v) is 3.51. The highest BCUT2D eigenvalue weighted by Gasteiger charge is 2.12. The van der Waals surface area contributed by atoms with Crippen molar-refractivity contribution >= 4 is 23.2 Å². The summed E-state index contributed by atoms with van der Waals surface area (Å²) >= 11 is 0. The molecule has 0 saturated heterocycles. The molecule has 0 radical (unpaired) electrons. The Labute approximate surface area is 136 Å². The SMILES string of the molecule is Cc1ccc(NC(=O)CC(=O)Nc2ccccc2C(C)C)cc1. The van der Waals surface area contributed by atoms with Crippen molar-refractivity contribution in [2.45, 2.75) is 33.1 Å². The first-order valence-corrected chi connectivity index (χ1v) is 7.71. The molecule has 0 aliphatic heterocycles. The van der Waals surface area contributed by atoms with Crippen LogP contribution in [-0.4, -0.2) is 11.8 Å². The maximum atomic E-state index is 12.1. The van der Waals surface area contributed by atoms with E-state index in [4.69, 9.17) is 0 Å². The number of benzene rings is 2. The Morgan fingerprint density at radius 3 is 2.17 bits per heavy atom. The number of para-hydroxylation sites is 1. The second-order valence-corrected chi connectivity index (χ2v) is 5.88. The average Bonchev–Trinajstić information content (AvgIpc) is 2.49. The molecule has 0 unspecified atom stereocenters. The molecule has 2 aromatic carbocycles. The van der Waals surface area contributed by atoms with E-state index in [1.165, 1.54) is 0 Å². The molecule has 2 rings (SSSR count). The predicted octanol–water partition coefficient (Wildman–Crippen LogP) is 4.09. The van der Waals surface area contributed by atoms with E-state index < -0.39 is 0 Å². The highest BCUT2D eigenvalue weighted by Crippen LogP contribution is 2.23. The molecule has 2 amide bonds. The van der Waals surface area contributed by atoms with E-state index in [0.717, 1.165) is 16.8 Å². The Hall–Kier alpha value is -2.62. The van der Waals surface area contributed by atoms with Crippen LogP contribution in [0.15, 0.2) is 48.5 Å². The number of rotatable bonds is 5. The normalized spacial score (nSPS) is 10.4. The highest BCUT2D eigenvalue weighted by molar-refractivity contribution is 6.08.